The summed E-state index contributed by atoms with van der Waals surface area (Å²) in [7, 11) is 0. The van der Waals surface area contributed by atoms with E-state index in [9.17, 15) is 5.11 Å². The Morgan fingerprint density at radius 3 is 2.17 bits per heavy atom. The van der Waals surface area contributed by atoms with Crippen molar-refractivity contribution in [3.8, 4) is 0 Å². The Balaban J connectivity index is 2.31. The second kappa shape index (κ2) is 5.83. The first kappa shape index (κ1) is 12.8. The quantitative estimate of drug-likeness (QED) is 0.859. The van der Waals surface area contributed by atoms with Gasteiger partial charge in [-0.15, -0.1) is 0 Å². The van der Waals surface area contributed by atoms with Gasteiger partial charge in [-0.05, 0) is 35.1 Å². The zero-order valence-corrected chi connectivity index (χ0v) is 11.1. The van der Waals surface area contributed by atoms with Gasteiger partial charge in [-0.3, -0.25) is 0 Å². The maximum Gasteiger partial charge on any atom is 0.104 e. The molecular weight excluding hydrogens is 220 g/mol. The minimum Gasteiger partial charge on any atom is -0.384 e. The van der Waals surface area contributed by atoms with Crippen LogP contribution in [-0.2, 0) is 12.8 Å². The second-order valence-corrected chi connectivity index (χ2v) is 4.55. The summed E-state index contributed by atoms with van der Waals surface area (Å²) in [6, 6.07) is 16.3. The van der Waals surface area contributed by atoms with Crippen molar-refractivity contribution < 1.29 is 5.11 Å². The molecule has 1 N–H and O–H groups in total. The van der Waals surface area contributed by atoms with Gasteiger partial charge in [0.05, 0.1) is 0 Å². The van der Waals surface area contributed by atoms with Gasteiger partial charge in [0, 0.05) is 0 Å². The number of aryl methyl sites for hydroxylation is 2. The molecule has 0 aliphatic carbocycles. The lowest BCUT2D eigenvalue weighted by atomic mass is 9.95. The molecule has 0 spiro atoms. The van der Waals surface area contributed by atoms with Crippen LogP contribution in [0.1, 0.15) is 42.2 Å². The highest BCUT2D eigenvalue weighted by Gasteiger charge is 2.12. The molecule has 0 radical (unpaired) electrons. The Morgan fingerprint density at radius 2 is 1.56 bits per heavy atom. The molecule has 0 saturated carbocycles. The van der Waals surface area contributed by atoms with Crippen molar-refractivity contribution in [2.75, 3.05) is 0 Å². The van der Waals surface area contributed by atoms with Gasteiger partial charge in [-0.1, -0.05) is 62.4 Å². The Morgan fingerprint density at radius 1 is 0.889 bits per heavy atom. The molecule has 1 heteroatoms. The average Bonchev–Trinajstić information content (AvgIpc) is 2.46. The molecule has 94 valence electrons. The maximum absolute atomic E-state index is 10.5. The predicted octanol–water partition coefficient (Wildman–Crippen LogP) is 3.89. The van der Waals surface area contributed by atoms with Gasteiger partial charge in [0.1, 0.15) is 6.10 Å². The Hall–Kier alpha value is -1.60. The summed E-state index contributed by atoms with van der Waals surface area (Å²) in [6.07, 6.45) is 1.45. The third-order valence-electron chi connectivity index (χ3n) is 3.43. The van der Waals surface area contributed by atoms with E-state index in [0.29, 0.717) is 0 Å². The highest BCUT2D eigenvalue weighted by atomic mass is 16.3. The molecule has 0 bridgehead atoms. The van der Waals surface area contributed by atoms with E-state index in [1.165, 1.54) is 11.1 Å². The molecule has 0 aromatic heterocycles. The standard InChI is InChI=1S/C17H20O/c1-3-13-9-11-15(12-10-13)17(18)16-8-6-5-7-14(16)4-2/h5-12,17-18H,3-4H2,1-2H3. The Kier molecular flexibility index (Phi) is 4.16. The second-order valence-electron chi connectivity index (χ2n) is 4.55. The van der Waals surface area contributed by atoms with Crippen LogP contribution in [0.15, 0.2) is 48.5 Å². The molecule has 1 atom stereocenters. The molecule has 0 aliphatic rings. The number of aliphatic hydroxyl groups excluding tert-OH is 1. The van der Waals surface area contributed by atoms with E-state index in [1.54, 1.807) is 0 Å². The molecule has 0 amide bonds. The highest BCUT2D eigenvalue weighted by molar-refractivity contribution is 5.36. The predicted molar refractivity (Wildman–Crippen MR) is 75.7 cm³/mol. The van der Waals surface area contributed by atoms with E-state index in [4.69, 9.17) is 0 Å². The van der Waals surface area contributed by atoms with E-state index in [1.807, 2.05) is 30.3 Å². The fourth-order valence-corrected chi connectivity index (χ4v) is 2.24. The summed E-state index contributed by atoms with van der Waals surface area (Å²) in [5, 5.41) is 10.5. The Bertz CT molecular complexity index is 499. The minimum absolute atomic E-state index is 0.521. The molecule has 2 rings (SSSR count). The van der Waals surface area contributed by atoms with Crippen LogP contribution in [0.2, 0.25) is 0 Å². The number of rotatable bonds is 4. The molecule has 0 aliphatic heterocycles. The van der Waals surface area contributed by atoms with E-state index >= 15 is 0 Å². The minimum atomic E-state index is -0.521. The molecule has 2 aromatic rings. The number of benzene rings is 2. The monoisotopic (exact) mass is 240 g/mol. The number of aliphatic hydroxyl groups is 1. The largest absolute Gasteiger partial charge is 0.384 e. The lowest BCUT2D eigenvalue weighted by Gasteiger charge is -2.15. The zero-order valence-electron chi connectivity index (χ0n) is 11.1. The van der Waals surface area contributed by atoms with Crippen LogP contribution >= 0.6 is 0 Å². The normalized spacial score (nSPS) is 12.4. The third kappa shape index (κ3) is 2.62. The Labute approximate surface area is 109 Å². The fraction of sp³-hybridized carbons (Fsp3) is 0.294. The van der Waals surface area contributed by atoms with Crippen molar-refractivity contribution in [3.63, 3.8) is 0 Å². The maximum atomic E-state index is 10.5. The van der Waals surface area contributed by atoms with Crippen LogP contribution in [0.25, 0.3) is 0 Å². The van der Waals surface area contributed by atoms with Gasteiger partial charge in [-0.2, -0.15) is 0 Å². The average molecular weight is 240 g/mol. The fourth-order valence-electron chi connectivity index (χ4n) is 2.24. The summed E-state index contributed by atoms with van der Waals surface area (Å²) in [5.41, 5.74) is 4.50. The van der Waals surface area contributed by atoms with Crippen molar-refractivity contribution in [2.24, 2.45) is 0 Å². The van der Waals surface area contributed by atoms with Crippen LogP contribution in [0.5, 0.6) is 0 Å². The van der Waals surface area contributed by atoms with E-state index in [-0.39, 0.29) is 0 Å². The SMILES string of the molecule is CCc1ccc(C(O)c2ccccc2CC)cc1. The van der Waals surface area contributed by atoms with E-state index in [0.717, 1.165) is 24.0 Å². The molecule has 2 aromatic carbocycles. The topological polar surface area (TPSA) is 20.2 Å². The van der Waals surface area contributed by atoms with Crippen molar-refractivity contribution in [3.05, 3.63) is 70.8 Å². The van der Waals surface area contributed by atoms with Crippen LogP contribution in [-0.4, -0.2) is 5.11 Å². The first-order valence-electron chi connectivity index (χ1n) is 6.61. The smallest absolute Gasteiger partial charge is 0.104 e. The summed E-state index contributed by atoms with van der Waals surface area (Å²) in [6.45, 7) is 4.25. The van der Waals surface area contributed by atoms with Gasteiger partial charge in [0.2, 0.25) is 0 Å². The van der Waals surface area contributed by atoms with Gasteiger partial charge in [0.25, 0.3) is 0 Å². The first-order chi connectivity index (χ1) is 8.76. The van der Waals surface area contributed by atoms with E-state index in [2.05, 4.69) is 32.0 Å². The number of hydrogen-bond acceptors (Lipinski definition) is 1. The first-order valence-corrected chi connectivity index (χ1v) is 6.61. The van der Waals surface area contributed by atoms with Crippen molar-refractivity contribution in [1.82, 2.24) is 0 Å². The molecule has 18 heavy (non-hydrogen) atoms. The van der Waals surface area contributed by atoms with Gasteiger partial charge in [-0.25, -0.2) is 0 Å². The van der Waals surface area contributed by atoms with Crippen LogP contribution in [0.3, 0.4) is 0 Å². The number of hydrogen-bond donors (Lipinski definition) is 1. The molecule has 1 unspecified atom stereocenters. The van der Waals surface area contributed by atoms with Crippen LogP contribution in [0, 0.1) is 0 Å². The van der Waals surface area contributed by atoms with Crippen molar-refractivity contribution in [2.45, 2.75) is 32.8 Å². The van der Waals surface area contributed by atoms with Crippen molar-refractivity contribution >= 4 is 0 Å². The lowest BCUT2D eigenvalue weighted by molar-refractivity contribution is 0.219. The summed E-state index contributed by atoms with van der Waals surface area (Å²) < 4.78 is 0. The van der Waals surface area contributed by atoms with Gasteiger partial charge >= 0.3 is 0 Å². The van der Waals surface area contributed by atoms with E-state index < -0.39 is 6.10 Å². The molecule has 0 heterocycles. The lowest BCUT2D eigenvalue weighted by Crippen LogP contribution is -2.03. The molecule has 0 saturated heterocycles. The zero-order chi connectivity index (χ0) is 13.0. The van der Waals surface area contributed by atoms with Crippen molar-refractivity contribution in [1.29, 1.82) is 0 Å². The van der Waals surface area contributed by atoms with Crippen LogP contribution in [0.4, 0.5) is 0 Å². The highest BCUT2D eigenvalue weighted by Crippen LogP contribution is 2.25. The third-order valence-corrected chi connectivity index (χ3v) is 3.43. The van der Waals surface area contributed by atoms with Gasteiger partial charge < -0.3 is 5.11 Å². The molecule has 1 nitrogen and oxygen atoms in total. The van der Waals surface area contributed by atoms with Gasteiger partial charge in [0.15, 0.2) is 0 Å². The summed E-state index contributed by atoms with van der Waals surface area (Å²) in [5.74, 6) is 0. The molecule has 0 fully saturated rings. The summed E-state index contributed by atoms with van der Waals surface area (Å²) in [4.78, 5) is 0. The van der Waals surface area contributed by atoms with Crippen LogP contribution < -0.4 is 0 Å². The molecular formula is C17H20O. The summed E-state index contributed by atoms with van der Waals surface area (Å²) >= 11 is 0.